The van der Waals surface area contributed by atoms with Crippen LogP contribution in [0.3, 0.4) is 0 Å². The van der Waals surface area contributed by atoms with Crippen LogP contribution in [0.25, 0.3) is 11.3 Å². The van der Waals surface area contributed by atoms with Crippen LogP contribution in [0, 0.1) is 0 Å². The van der Waals surface area contributed by atoms with Crippen molar-refractivity contribution in [2.75, 3.05) is 12.4 Å². The molecule has 3 heterocycles. The molecule has 0 unspecified atom stereocenters. The monoisotopic (exact) mass is 371 g/mol. The van der Waals surface area contributed by atoms with E-state index in [2.05, 4.69) is 25.3 Å². The molecule has 138 valence electrons. The van der Waals surface area contributed by atoms with Crippen molar-refractivity contribution >= 4 is 11.5 Å². The summed E-state index contributed by atoms with van der Waals surface area (Å²) in [5.74, 6) is 2.33. The van der Waals surface area contributed by atoms with Crippen molar-refractivity contribution in [3.8, 4) is 28.8 Å². The Morgan fingerprint density at radius 3 is 2.43 bits per heavy atom. The smallest absolute Gasteiger partial charge is 0.246 e. The number of anilines is 2. The third kappa shape index (κ3) is 4.04. The van der Waals surface area contributed by atoms with E-state index in [4.69, 9.17) is 9.47 Å². The van der Waals surface area contributed by atoms with E-state index in [-0.39, 0.29) is 0 Å². The lowest BCUT2D eigenvalue weighted by Crippen LogP contribution is -1.96. The molecule has 7 nitrogen and oxygen atoms in total. The summed E-state index contributed by atoms with van der Waals surface area (Å²) in [5, 5.41) is 3.23. The van der Waals surface area contributed by atoms with Crippen LogP contribution in [-0.2, 0) is 0 Å². The lowest BCUT2D eigenvalue weighted by atomic mass is 10.2. The van der Waals surface area contributed by atoms with Gasteiger partial charge in [0, 0.05) is 42.1 Å². The van der Waals surface area contributed by atoms with Crippen LogP contribution in [0.15, 0.2) is 79.4 Å². The maximum absolute atomic E-state index is 5.96. The summed E-state index contributed by atoms with van der Waals surface area (Å²) in [6.45, 7) is 0. The number of pyridine rings is 2. The second kappa shape index (κ2) is 8.13. The van der Waals surface area contributed by atoms with Crippen LogP contribution in [0.4, 0.5) is 11.5 Å². The summed E-state index contributed by atoms with van der Waals surface area (Å²) in [6, 6.07) is 16.9. The molecular weight excluding hydrogens is 354 g/mol. The molecule has 0 radical (unpaired) electrons. The quantitative estimate of drug-likeness (QED) is 0.535. The topological polar surface area (TPSA) is 82.1 Å². The van der Waals surface area contributed by atoms with E-state index < -0.39 is 0 Å². The Hall–Kier alpha value is -4.00. The molecule has 0 atom stereocenters. The summed E-state index contributed by atoms with van der Waals surface area (Å²) in [7, 11) is 1.57. The predicted octanol–water partition coefficient (Wildman–Crippen LogP) is 4.48. The fourth-order valence-electron chi connectivity index (χ4n) is 2.57. The van der Waals surface area contributed by atoms with Crippen LogP contribution < -0.4 is 14.8 Å². The molecule has 0 saturated carbocycles. The van der Waals surface area contributed by atoms with E-state index in [1.54, 1.807) is 38.0 Å². The van der Waals surface area contributed by atoms with Crippen molar-refractivity contribution < 1.29 is 9.47 Å². The lowest BCUT2D eigenvalue weighted by Gasteiger charge is -2.10. The molecule has 1 N–H and O–H groups in total. The maximum atomic E-state index is 5.96. The summed E-state index contributed by atoms with van der Waals surface area (Å²) in [5.41, 5.74) is 2.33. The van der Waals surface area contributed by atoms with E-state index >= 15 is 0 Å². The van der Waals surface area contributed by atoms with E-state index in [1.807, 2.05) is 48.5 Å². The number of aromatic nitrogens is 4. The van der Waals surface area contributed by atoms with Crippen molar-refractivity contribution in [1.82, 2.24) is 19.9 Å². The van der Waals surface area contributed by atoms with E-state index in [9.17, 15) is 0 Å². The van der Waals surface area contributed by atoms with E-state index in [0.717, 1.165) is 17.1 Å². The summed E-state index contributed by atoms with van der Waals surface area (Å²) in [4.78, 5) is 17.1. The Balaban J connectivity index is 1.55. The van der Waals surface area contributed by atoms with Gasteiger partial charge in [0.25, 0.3) is 0 Å². The van der Waals surface area contributed by atoms with Gasteiger partial charge in [0.05, 0.1) is 7.11 Å². The molecule has 7 heteroatoms. The predicted molar refractivity (Wildman–Crippen MR) is 106 cm³/mol. The Morgan fingerprint density at radius 2 is 1.64 bits per heavy atom. The zero-order valence-corrected chi connectivity index (χ0v) is 15.1. The largest absolute Gasteiger partial charge is 0.481 e. The van der Waals surface area contributed by atoms with Crippen LogP contribution in [-0.4, -0.2) is 27.0 Å². The van der Waals surface area contributed by atoms with Gasteiger partial charge in [0.1, 0.15) is 17.3 Å². The van der Waals surface area contributed by atoms with Crippen LogP contribution in [0.5, 0.6) is 17.5 Å². The van der Waals surface area contributed by atoms with Gasteiger partial charge in [-0.05, 0) is 42.5 Å². The first-order chi connectivity index (χ1) is 13.8. The zero-order chi connectivity index (χ0) is 19.2. The van der Waals surface area contributed by atoms with Gasteiger partial charge in [-0.15, -0.1) is 0 Å². The van der Waals surface area contributed by atoms with Gasteiger partial charge in [-0.25, -0.2) is 19.9 Å². The molecule has 0 spiro atoms. The highest BCUT2D eigenvalue weighted by Gasteiger charge is 2.11. The average molecular weight is 371 g/mol. The second-order valence-corrected chi connectivity index (χ2v) is 5.76. The number of hydrogen-bond donors (Lipinski definition) is 1. The molecule has 0 saturated heterocycles. The van der Waals surface area contributed by atoms with Gasteiger partial charge in [0.2, 0.25) is 11.8 Å². The highest BCUT2D eigenvalue weighted by atomic mass is 16.5. The van der Waals surface area contributed by atoms with Gasteiger partial charge in [-0.1, -0.05) is 6.07 Å². The molecule has 0 aliphatic rings. The third-order valence-corrected chi connectivity index (χ3v) is 3.89. The molecule has 4 rings (SSSR count). The number of methoxy groups -OCH3 is 1. The molecule has 0 amide bonds. The van der Waals surface area contributed by atoms with E-state index in [1.165, 1.54) is 0 Å². The summed E-state index contributed by atoms with van der Waals surface area (Å²) < 4.78 is 11.1. The molecule has 0 bridgehead atoms. The van der Waals surface area contributed by atoms with Crippen LogP contribution in [0.2, 0.25) is 0 Å². The Labute approximate surface area is 162 Å². The minimum absolute atomic E-state index is 0.404. The van der Waals surface area contributed by atoms with Gasteiger partial charge in [-0.3, -0.25) is 0 Å². The Bertz CT molecular complexity index is 1060. The number of ether oxygens (including phenoxy) is 2. The fraction of sp³-hybridized carbons (Fsp3) is 0.0476. The highest BCUT2D eigenvalue weighted by Crippen LogP contribution is 2.31. The number of nitrogens with zero attached hydrogens (tertiary/aromatic N) is 4. The normalized spacial score (nSPS) is 10.3. The first-order valence-electron chi connectivity index (χ1n) is 8.59. The standard InChI is InChI=1S/C21H17N5O2/c1-27-19-14-15(9-11-23-19)20-21(25-13-12-24-20)28-17-7-5-16(6-8-17)26-18-4-2-3-10-22-18/h2-14H,1H3,(H,22,26). The summed E-state index contributed by atoms with van der Waals surface area (Å²) in [6.07, 6.45) is 6.61. The van der Waals surface area contributed by atoms with Crippen LogP contribution >= 0.6 is 0 Å². The van der Waals surface area contributed by atoms with Gasteiger partial charge in [-0.2, -0.15) is 0 Å². The lowest BCUT2D eigenvalue weighted by molar-refractivity contribution is 0.398. The first-order valence-corrected chi connectivity index (χ1v) is 8.59. The second-order valence-electron chi connectivity index (χ2n) is 5.76. The number of nitrogens with one attached hydrogen (secondary N) is 1. The number of hydrogen-bond acceptors (Lipinski definition) is 7. The SMILES string of the molecule is COc1cc(-c2nccnc2Oc2ccc(Nc3ccccn3)cc2)ccn1. The van der Waals surface area contributed by atoms with Crippen molar-refractivity contribution in [1.29, 1.82) is 0 Å². The maximum Gasteiger partial charge on any atom is 0.246 e. The molecule has 28 heavy (non-hydrogen) atoms. The fourth-order valence-corrected chi connectivity index (χ4v) is 2.57. The molecule has 0 fully saturated rings. The molecule has 0 aliphatic carbocycles. The highest BCUT2D eigenvalue weighted by molar-refractivity contribution is 5.65. The molecule has 4 aromatic rings. The minimum atomic E-state index is 0.404. The molecular formula is C21H17N5O2. The first kappa shape index (κ1) is 17.4. The van der Waals surface area contributed by atoms with Gasteiger partial charge < -0.3 is 14.8 Å². The van der Waals surface area contributed by atoms with Gasteiger partial charge >= 0.3 is 0 Å². The van der Waals surface area contributed by atoms with Crippen molar-refractivity contribution in [2.24, 2.45) is 0 Å². The third-order valence-electron chi connectivity index (χ3n) is 3.89. The Morgan fingerprint density at radius 1 is 0.786 bits per heavy atom. The molecule has 1 aromatic carbocycles. The van der Waals surface area contributed by atoms with E-state index in [0.29, 0.717) is 23.2 Å². The Kier molecular flexibility index (Phi) is 5.06. The molecule has 0 aliphatic heterocycles. The zero-order valence-electron chi connectivity index (χ0n) is 15.1. The van der Waals surface area contributed by atoms with Gasteiger partial charge in [0.15, 0.2) is 0 Å². The number of rotatable bonds is 6. The van der Waals surface area contributed by atoms with Crippen LogP contribution in [0.1, 0.15) is 0 Å². The van der Waals surface area contributed by atoms with Crippen molar-refractivity contribution in [3.63, 3.8) is 0 Å². The number of benzene rings is 1. The van der Waals surface area contributed by atoms with Crippen molar-refractivity contribution in [2.45, 2.75) is 0 Å². The summed E-state index contributed by atoms with van der Waals surface area (Å²) >= 11 is 0. The minimum Gasteiger partial charge on any atom is -0.481 e. The van der Waals surface area contributed by atoms with Crippen molar-refractivity contribution in [3.05, 3.63) is 79.4 Å². The molecule has 3 aromatic heterocycles. The average Bonchev–Trinajstić information content (AvgIpc) is 2.76.